The number of nitrogens with one attached hydrogen (secondary N) is 2. The largest absolute Gasteiger partial charge is 0.294 e. The van der Waals surface area contributed by atoms with Crippen molar-refractivity contribution in [3.05, 3.63) is 6.67 Å². The molecule has 1 rings (SSSR count). The lowest BCUT2D eigenvalue weighted by Crippen LogP contribution is -2.31. The highest BCUT2D eigenvalue weighted by molar-refractivity contribution is 4.65. The van der Waals surface area contributed by atoms with Crippen LogP contribution in [0.2, 0.25) is 0 Å². The fourth-order valence-electron chi connectivity index (χ4n) is 0.453. The van der Waals surface area contributed by atoms with E-state index < -0.39 is 0 Å². The number of hydrogen-bond acceptors (Lipinski definition) is 2. The molecule has 0 aliphatic carbocycles. The minimum absolute atomic E-state index is 1.08. The second-order valence-electron chi connectivity index (χ2n) is 1.33. The van der Waals surface area contributed by atoms with E-state index in [1.165, 1.54) is 6.42 Å². The molecule has 2 radical (unpaired) electrons. The van der Waals surface area contributed by atoms with Gasteiger partial charge in [-0.25, -0.2) is 0 Å². The maximum Gasteiger partial charge on any atom is 0.140 e. The molecule has 1 aliphatic heterocycles. The molecule has 1 aliphatic rings. The Hall–Kier alpha value is -0.0800. The molecular formula is C4H8N2. The van der Waals surface area contributed by atoms with Gasteiger partial charge in [0.2, 0.25) is 0 Å². The average Bonchev–Trinajstić information content (AvgIpc) is 1.72. The minimum Gasteiger partial charge on any atom is -0.294 e. The fourth-order valence-corrected chi connectivity index (χ4v) is 0.453. The molecule has 2 nitrogen and oxygen atoms in total. The van der Waals surface area contributed by atoms with Gasteiger partial charge in [0.05, 0.1) is 0 Å². The van der Waals surface area contributed by atoms with Crippen LogP contribution in [-0.2, 0) is 0 Å². The van der Waals surface area contributed by atoms with Gasteiger partial charge < -0.3 is 0 Å². The van der Waals surface area contributed by atoms with Crippen molar-refractivity contribution < 1.29 is 0 Å². The Morgan fingerprint density at radius 3 is 2.00 bits per heavy atom. The Kier molecular flexibility index (Phi) is 1.47. The van der Waals surface area contributed by atoms with Gasteiger partial charge in [0.25, 0.3) is 0 Å². The maximum atomic E-state index is 2.92. The summed E-state index contributed by atoms with van der Waals surface area (Å²) in [6.07, 6.45) is 1.22. The van der Waals surface area contributed by atoms with Gasteiger partial charge in [0.15, 0.2) is 0 Å². The molecule has 0 bridgehead atoms. The van der Waals surface area contributed by atoms with E-state index in [9.17, 15) is 0 Å². The summed E-state index contributed by atoms with van der Waals surface area (Å²) in [5.41, 5.74) is 0. The van der Waals surface area contributed by atoms with Crippen LogP contribution in [0.3, 0.4) is 0 Å². The van der Waals surface area contributed by atoms with Crippen molar-refractivity contribution in [2.24, 2.45) is 0 Å². The van der Waals surface area contributed by atoms with Crippen LogP contribution in [0.5, 0.6) is 0 Å². The molecule has 0 aromatic rings. The standard InChI is InChI=1S/C4H8N2/c1-2-5-4-6-3-1/h5-6H,1-3H2. The first kappa shape index (κ1) is 4.09. The van der Waals surface area contributed by atoms with Crippen LogP contribution in [0.15, 0.2) is 0 Å². The molecule has 1 heterocycles. The topological polar surface area (TPSA) is 24.1 Å². The molecule has 2 heteroatoms. The number of rotatable bonds is 0. The second kappa shape index (κ2) is 2.16. The van der Waals surface area contributed by atoms with Crippen LogP contribution in [0, 0.1) is 6.67 Å². The van der Waals surface area contributed by atoms with Gasteiger partial charge in [-0.1, -0.05) is 0 Å². The van der Waals surface area contributed by atoms with Gasteiger partial charge in [0.1, 0.15) is 6.67 Å². The van der Waals surface area contributed by atoms with Gasteiger partial charge in [-0.3, -0.25) is 10.6 Å². The lowest BCUT2D eigenvalue weighted by atomic mass is 10.4. The van der Waals surface area contributed by atoms with Crippen molar-refractivity contribution in [1.82, 2.24) is 10.6 Å². The highest BCUT2D eigenvalue weighted by atomic mass is 15.1. The van der Waals surface area contributed by atoms with E-state index in [2.05, 4.69) is 17.3 Å². The summed E-state index contributed by atoms with van der Waals surface area (Å²) >= 11 is 0. The molecule has 0 unspecified atom stereocenters. The lowest BCUT2D eigenvalue weighted by Gasteiger charge is -2.09. The first-order chi connectivity index (χ1) is 3.00. The highest BCUT2D eigenvalue weighted by Gasteiger charge is 1.93. The summed E-state index contributed by atoms with van der Waals surface area (Å²) in [4.78, 5) is 0. The average molecular weight is 84.1 g/mol. The van der Waals surface area contributed by atoms with E-state index in [4.69, 9.17) is 0 Å². The monoisotopic (exact) mass is 84.1 g/mol. The minimum atomic E-state index is 1.08. The molecular weight excluding hydrogens is 76.1 g/mol. The summed E-state index contributed by atoms with van der Waals surface area (Å²) in [7, 11) is 0. The van der Waals surface area contributed by atoms with Crippen molar-refractivity contribution in [1.29, 1.82) is 0 Å². The predicted octanol–water partition coefficient (Wildman–Crippen LogP) is -0.434. The highest BCUT2D eigenvalue weighted by Crippen LogP contribution is 1.78. The van der Waals surface area contributed by atoms with E-state index in [1.54, 1.807) is 0 Å². The zero-order chi connectivity index (χ0) is 4.24. The van der Waals surface area contributed by atoms with E-state index in [-0.39, 0.29) is 0 Å². The third kappa shape index (κ3) is 0.954. The van der Waals surface area contributed by atoms with E-state index in [0.717, 1.165) is 13.1 Å². The van der Waals surface area contributed by atoms with Crippen molar-refractivity contribution in [3.8, 4) is 0 Å². The Bertz CT molecular complexity index is 21.0. The van der Waals surface area contributed by atoms with E-state index in [1.807, 2.05) is 0 Å². The molecule has 0 spiro atoms. The zero-order valence-electron chi connectivity index (χ0n) is 3.62. The van der Waals surface area contributed by atoms with Crippen LogP contribution in [0.25, 0.3) is 0 Å². The van der Waals surface area contributed by atoms with Gasteiger partial charge in [0, 0.05) is 0 Å². The first-order valence-electron chi connectivity index (χ1n) is 2.21. The van der Waals surface area contributed by atoms with Crippen molar-refractivity contribution >= 4 is 0 Å². The van der Waals surface area contributed by atoms with Crippen LogP contribution < -0.4 is 10.6 Å². The third-order valence-electron chi connectivity index (χ3n) is 0.780. The molecule has 34 valence electrons. The summed E-state index contributed by atoms with van der Waals surface area (Å²) in [6.45, 7) is 4.94. The van der Waals surface area contributed by atoms with E-state index in [0.29, 0.717) is 0 Å². The van der Waals surface area contributed by atoms with Crippen LogP contribution in [0.1, 0.15) is 6.42 Å². The summed E-state index contributed by atoms with van der Waals surface area (Å²) in [5, 5.41) is 5.85. The number of hydrogen-bond donors (Lipinski definition) is 2. The molecule has 0 atom stereocenters. The van der Waals surface area contributed by atoms with Gasteiger partial charge in [-0.15, -0.1) is 0 Å². The maximum absolute atomic E-state index is 2.92. The van der Waals surface area contributed by atoms with Gasteiger partial charge in [-0.05, 0) is 19.5 Å². The molecule has 0 aromatic heterocycles. The Morgan fingerprint density at radius 1 is 1.17 bits per heavy atom. The fraction of sp³-hybridized carbons (Fsp3) is 0.750. The molecule has 0 saturated carbocycles. The van der Waals surface area contributed by atoms with Crippen molar-refractivity contribution in [2.75, 3.05) is 13.1 Å². The second-order valence-corrected chi connectivity index (χ2v) is 1.33. The van der Waals surface area contributed by atoms with Crippen molar-refractivity contribution in [2.45, 2.75) is 6.42 Å². The summed E-state index contributed by atoms with van der Waals surface area (Å²) in [5.74, 6) is 0. The normalized spacial score (nSPS) is 24.0. The van der Waals surface area contributed by atoms with Crippen LogP contribution >= 0.6 is 0 Å². The lowest BCUT2D eigenvalue weighted by molar-refractivity contribution is 0.564. The van der Waals surface area contributed by atoms with Crippen molar-refractivity contribution in [3.63, 3.8) is 0 Å². The molecule has 0 amide bonds. The summed E-state index contributed by atoms with van der Waals surface area (Å²) in [6, 6.07) is 0. The quantitative estimate of drug-likeness (QED) is 0.416. The predicted molar refractivity (Wildman–Crippen MR) is 23.9 cm³/mol. The third-order valence-corrected chi connectivity index (χ3v) is 0.780. The SMILES string of the molecule is [C]1NCCCN1. The molecule has 1 saturated heterocycles. The Morgan fingerprint density at radius 2 is 1.83 bits per heavy atom. The Balaban J connectivity index is 2.00. The van der Waals surface area contributed by atoms with Crippen LogP contribution in [-0.4, -0.2) is 13.1 Å². The summed E-state index contributed by atoms with van der Waals surface area (Å²) < 4.78 is 0. The van der Waals surface area contributed by atoms with E-state index >= 15 is 0 Å². The molecule has 0 aromatic carbocycles. The first-order valence-corrected chi connectivity index (χ1v) is 2.21. The van der Waals surface area contributed by atoms with Gasteiger partial charge in [-0.2, -0.15) is 0 Å². The van der Waals surface area contributed by atoms with Crippen LogP contribution in [0.4, 0.5) is 0 Å². The van der Waals surface area contributed by atoms with Gasteiger partial charge >= 0.3 is 0 Å². The zero-order valence-corrected chi connectivity index (χ0v) is 3.62. The smallest absolute Gasteiger partial charge is 0.140 e. The Labute approximate surface area is 37.9 Å². The molecule has 2 N–H and O–H groups in total. The molecule has 1 fully saturated rings. The molecule has 6 heavy (non-hydrogen) atoms.